The number of aromatic amines is 1. The molecule has 1 aliphatic heterocycles. The Balaban J connectivity index is 1.80. The standard InChI is InChI=1S/C18H20N4OS2/c1-24-18-15-14(19-10-20-18)13-11-4-2-3-5-12(11)16(21-17(13)25-15)22-6-8-23-9-7-22/h10H,2-9H2,1H3/p+1. The Morgan fingerprint density at radius 3 is 2.80 bits per heavy atom. The zero-order chi connectivity index (χ0) is 16.8. The number of thioether (sulfide) groups is 1. The number of ether oxygens (including phenoxy) is 1. The van der Waals surface area contributed by atoms with Crippen LogP contribution in [-0.4, -0.2) is 42.5 Å². The van der Waals surface area contributed by atoms with Gasteiger partial charge in [-0.2, -0.15) is 0 Å². The van der Waals surface area contributed by atoms with Crippen LogP contribution < -0.4 is 9.88 Å². The lowest BCUT2D eigenvalue weighted by atomic mass is 9.90. The topological polar surface area (TPSA) is 52.4 Å². The fraction of sp³-hybridized carbons (Fsp3) is 0.500. The SMILES string of the molecule is CSc1[nH+]cnc2c1sc1nc(N3CCOCC3)c3c(c12)CCCC3. The fourth-order valence-corrected chi connectivity index (χ4v) is 5.92. The summed E-state index contributed by atoms with van der Waals surface area (Å²) in [6.07, 6.45) is 8.74. The summed E-state index contributed by atoms with van der Waals surface area (Å²) in [4.78, 5) is 16.7. The van der Waals surface area contributed by atoms with Gasteiger partial charge in [0.25, 0.3) is 6.33 Å². The normalized spacial score (nSPS) is 18.0. The predicted octanol–water partition coefficient (Wildman–Crippen LogP) is 3.10. The highest BCUT2D eigenvalue weighted by atomic mass is 32.2. The molecule has 2 aliphatic rings. The molecule has 1 N–H and O–H groups in total. The van der Waals surface area contributed by atoms with Crippen molar-refractivity contribution in [2.75, 3.05) is 37.5 Å². The number of hydrogen-bond donors (Lipinski definition) is 0. The molecule has 3 aromatic heterocycles. The van der Waals surface area contributed by atoms with Crippen LogP contribution in [0.5, 0.6) is 0 Å². The van der Waals surface area contributed by atoms with Gasteiger partial charge >= 0.3 is 0 Å². The molecular formula is C18H21N4OS2+. The lowest BCUT2D eigenvalue weighted by molar-refractivity contribution is -0.427. The molecule has 1 saturated heterocycles. The van der Waals surface area contributed by atoms with Crippen LogP contribution in [0.1, 0.15) is 24.0 Å². The van der Waals surface area contributed by atoms with E-state index in [1.807, 2.05) is 6.33 Å². The number of fused-ring (bicyclic) bond motifs is 5. The van der Waals surface area contributed by atoms with Crippen molar-refractivity contribution in [3.05, 3.63) is 17.5 Å². The van der Waals surface area contributed by atoms with E-state index in [1.165, 1.54) is 44.9 Å². The van der Waals surface area contributed by atoms with Crippen molar-refractivity contribution in [3.8, 4) is 0 Å². The second kappa shape index (κ2) is 6.37. The van der Waals surface area contributed by atoms with E-state index >= 15 is 0 Å². The van der Waals surface area contributed by atoms with Gasteiger partial charge in [0.05, 0.1) is 18.6 Å². The van der Waals surface area contributed by atoms with Crippen molar-refractivity contribution in [1.29, 1.82) is 0 Å². The van der Waals surface area contributed by atoms with Gasteiger partial charge in [-0.15, -0.1) is 11.3 Å². The average molecular weight is 374 g/mol. The number of thiophene rings is 1. The molecule has 25 heavy (non-hydrogen) atoms. The molecule has 130 valence electrons. The molecule has 4 heterocycles. The van der Waals surface area contributed by atoms with Gasteiger partial charge in [-0.05, 0) is 48.0 Å². The minimum absolute atomic E-state index is 0.800. The summed E-state index contributed by atoms with van der Waals surface area (Å²) in [5.74, 6) is 1.20. The molecule has 0 aromatic carbocycles. The number of morpholine rings is 1. The highest BCUT2D eigenvalue weighted by Gasteiger charge is 2.27. The van der Waals surface area contributed by atoms with E-state index < -0.39 is 0 Å². The Kier molecular flexibility index (Phi) is 4.03. The Bertz CT molecular complexity index is 949. The van der Waals surface area contributed by atoms with E-state index in [0.717, 1.165) is 49.5 Å². The number of anilines is 1. The zero-order valence-electron chi connectivity index (χ0n) is 14.3. The van der Waals surface area contributed by atoms with Crippen molar-refractivity contribution in [2.45, 2.75) is 30.7 Å². The summed E-state index contributed by atoms with van der Waals surface area (Å²) >= 11 is 3.52. The summed E-state index contributed by atoms with van der Waals surface area (Å²) in [7, 11) is 0. The van der Waals surface area contributed by atoms with Gasteiger partial charge < -0.3 is 9.64 Å². The molecule has 0 saturated carbocycles. The first kappa shape index (κ1) is 15.8. The van der Waals surface area contributed by atoms with Crippen LogP contribution in [-0.2, 0) is 17.6 Å². The average Bonchev–Trinajstić information content (AvgIpc) is 3.07. The predicted molar refractivity (Wildman–Crippen MR) is 103 cm³/mol. The van der Waals surface area contributed by atoms with Crippen LogP contribution in [0.25, 0.3) is 20.4 Å². The van der Waals surface area contributed by atoms with Crippen LogP contribution >= 0.6 is 23.1 Å². The molecule has 0 radical (unpaired) electrons. The molecule has 5 rings (SSSR count). The Morgan fingerprint density at radius 2 is 2.00 bits per heavy atom. The maximum Gasteiger partial charge on any atom is 0.285 e. The number of pyridine rings is 1. The molecule has 0 atom stereocenters. The van der Waals surface area contributed by atoms with Crippen molar-refractivity contribution < 1.29 is 9.72 Å². The van der Waals surface area contributed by atoms with Crippen LogP contribution in [0.2, 0.25) is 0 Å². The number of hydrogen-bond acceptors (Lipinski definition) is 6. The van der Waals surface area contributed by atoms with Gasteiger partial charge in [-0.1, -0.05) is 11.8 Å². The summed E-state index contributed by atoms with van der Waals surface area (Å²) in [6.45, 7) is 3.48. The number of rotatable bonds is 2. The molecule has 3 aromatic rings. The lowest BCUT2D eigenvalue weighted by Crippen LogP contribution is -2.37. The third-order valence-electron chi connectivity index (χ3n) is 5.22. The smallest absolute Gasteiger partial charge is 0.285 e. The summed E-state index contributed by atoms with van der Waals surface area (Å²) < 4.78 is 6.79. The molecule has 0 bridgehead atoms. The molecular weight excluding hydrogens is 352 g/mol. The molecule has 0 spiro atoms. The van der Waals surface area contributed by atoms with E-state index in [9.17, 15) is 0 Å². The number of aromatic nitrogens is 3. The molecule has 5 nitrogen and oxygen atoms in total. The second-order valence-corrected chi connectivity index (χ2v) is 8.41. The highest BCUT2D eigenvalue weighted by Crippen LogP contribution is 2.42. The monoisotopic (exact) mass is 373 g/mol. The first-order valence-electron chi connectivity index (χ1n) is 8.88. The van der Waals surface area contributed by atoms with Gasteiger partial charge in [0.2, 0.25) is 5.52 Å². The second-order valence-electron chi connectivity index (χ2n) is 6.59. The summed E-state index contributed by atoms with van der Waals surface area (Å²) in [5, 5.41) is 2.49. The number of H-pyrrole nitrogens is 1. The maximum atomic E-state index is 5.55. The van der Waals surface area contributed by atoms with Crippen molar-refractivity contribution in [3.63, 3.8) is 0 Å². The Hall–Kier alpha value is -1.44. The zero-order valence-corrected chi connectivity index (χ0v) is 15.9. The van der Waals surface area contributed by atoms with Crippen molar-refractivity contribution >= 4 is 49.3 Å². The number of nitrogens with zero attached hydrogens (tertiary/aromatic N) is 3. The number of nitrogens with one attached hydrogen (secondary N) is 1. The Morgan fingerprint density at radius 1 is 1.20 bits per heavy atom. The van der Waals surface area contributed by atoms with E-state index in [1.54, 1.807) is 23.1 Å². The van der Waals surface area contributed by atoms with E-state index in [-0.39, 0.29) is 0 Å². The van der Waals surface area contributed by atoms with Crippen LogP contribution in [0.4, 0.5) is 5.82 Å². The Labute approximate surface area is 154 Å². The molecule has 1 aliphatic carbocycles. The maximum absolute atomic E-state index is 5.55. The van der Waals surface area contributed by atoms with Gasteiger partial charge in [-0.3, -0.25) is 0 Å². The van der Waals surface area contributed by atoms with Crippen molar-refractivity contribution in [2.24, 2.45) is 0 Å². The van der Waals surface area contributed by atoms with Crippen LogP contribution in [0, 0.1) is 0 Å². The van der Waals surface area contributed by atoms with Gasteiger partial charge in [0.15, 0.2) is 5.03 Å². The summed E-state index contributed by atoms with van der Waals surface area (Å²) in [5.41, 5.74) is 4.08. The van der Waals surface area contributed by atoms with Gasteiger partial charge in [0.1, 0.15) is 15.3 Å². The van der Waals surface area contributed by atoms with E-state index in [0.29, 0.717) is 0 Å². The lowest BCUT2D eigenvalue weighted by Gasteiger charge is -2.31. The van der Waals surface area contributed by atoms with Gasteiger partial charge in [-0.25, -0.2) is 9.97 Å². The minimum Gasteiger partial charge on any atom is -0.378 e. The van der Waals surface area contributed by atoms with Crippen LogP contribution in [0.3, 0.4) is 0 Å². The first-order chi connectivity index (χ1) is 12.4. The van der Waals surface area contributed by atoms with Crippen LogP contribution in [0.15, 0.2) is 11.4 Å². The van der Waals surface area contributed by atoms with E-state index in [2.05, 4.69) is 16.1 Å². The van der Waals surface area contributed by atoms with Gasteiger partial charge in [0, 0.05) is 13.1 Å². The fourth-order valence-electron chi connectivity index (χ4n) is 4.04. The van der Waals surface area contributed by atoms with Crippen molar-refractivity contribution in [1.82, 2.24) is 9.97 Å². The highest BCUT2D eigenvalue weighted by molar-refractivity contribution is 7.98. The minimum atomic E-state index is 0.800. The molecule has 0 unspecified atom stereocenters. The summed E-state index contributed by atoms with van der Waals surface area (Å²) in [6, 6.07) is 0. The molecule has 7 heteroatoms. The largest absolute Gasteiger partial charge is 0.378 e. The quantitative estimate of drug-likeness (QED) is 0.510. The third-order valence-corrected chi connectivity index (χ3v) is 7.17. The third kappa shape index (κ3) is 2.52. The molecule has 1 fully saturated rings. The number of aryl methyl sites for hydroxylation is 1. The first-order valence-corrected chi connectivity index (χ1v) is 10.9. The molecule has 0 amide bonds. The van der Waals surface area contributed by atoms with E-state index in [4.69, 9.17) is 14.7 Å².